The van der Waals surface area contributed by atoms with Crippen LogP contribution in [0.15, 0.2) is 24.5 Å². The van der Waals surface area contributed by atoms with Gasteiger partial charge in [0.2, 0.25) is 0 Å². The molecule has 2 aromatic rings. The molecule has 0 aliphatic rings. The molecular weight excluding hydrogens is 286 g/mol. The normalized spacial score (nSPS) is 11.7. The number of carboxylic acids is 1. The summed E-state index contributed by atoms with van der Waals surface area (Å²) in [5.41, 5.74) is -0.914. The van der Waals surface area contributed by atoms with Crippen molar-refractivity contribution in [1.82, 2.24) is 19.6 Å². The molecule has 8 heteroatoms. The van der Waals surface area contributed by atoms with E-state index in [-0.39, 0.29) is 17.6 Å². The summed E-state index contributed by atoms with van der Waals surface area (Å²) in [5, 5.41) is 20.0. The van der Waals surface area contributed by atoms with Crippen molar-refractivity contribution < 1.29 is 14.7 Å². The van der Waals surface area contributed by atoms with E-state index in [1.807, 2.05) is 13.8 Å². The third kappa shape index (κ3) is 3.00. The largest absolute Gasteiger partial charge is 0.479 e. The van der Waals surface area contributed by atoms with Crippen molar-refractivity contribution in [1.29, 1.82) is 0 Å². The maximum atomic E-state index is 12.1. The summed E-state index contributed by atoms with van der Waals surface area (Å²) in [4.78, 5) is 23.3. The van der Waals surface area contributed by atoms with Gasteiger partial charge in [0.25, 0.3) is 5.91 Å². The first kappa shape index (κ1) is 15.7. The molecule has 0 fully saturated rings. The van der Waals surface area contributed by atoms with E-state index < -0.39 is 17.4 Å². The van der Waals surface area contributed by atoms with Crippen LogP contribution in [-0.2, 0) is 10.3 Å². The van der Waals surface area contributed by atoms with Crippen LogP contribution in [0, 0.1) is 0 Å². The number of nitrogens with one attached hydrogen (secondary N) is 1. The van der Waals surface area contributed by atoms with Crippen LogP contribution in [0.5, 0.6) is 0 Å². The average molecular weight is 305 g/mol. The fourth-order valence-electron chi connectivity index (χ4n) is 1.73. The second kappa shape index (κ2) is 5.63. The van der Waals surface area contributed by atoms with Crippen LogP contribution in [-0.4, -0.2) is 36.5 Å². The lowest BCUT2D eigenvalue weighted by Crippen LogP contribution is -2.36. The fourth-order valence-corrected chi connectivity index (χ4v) is 1.73. The fraction of sp³-hybridized carbons (Fsp3) is 0.429. The van der Waals surface area contributed by atoms with Crippen LogP contribution >= 0.6 is 0 Å². The molecule has 2 aromatic heterocycles. The van der Waals surface area contributed by atoms with Crippen LogP contribution in [0.1, 0.15) is 44.2 Å². The molecule has 2 N–H and O–H groups in total. The number of hydrogen-bond donors (Lipinski definition) is 2. The zero-order valence-corrected chi connectivity index (χ0v) is 12.9. The Bertz CT molecular complexity index is 699. The molecule has 2 heterocycles. The molecule has 0 saturated carbocycles. The van der Waals surface area contributed by atoms with Gasteiger partial charge < -0.3 is 10.4 Å². The number of rotatable bonds is 5. The Balaban J connectivity index is 2.12. The van der Waals surface area contributed by atoms with Gasteiger partial charge in [0.05, 0.1) is 0 Å². The molecule has 22 heavy (non-hydrogen) atoms. The van der Waals surface area contributed by atoms with Crippen molar-refractivity contribution in [3.05, 3.63) is 30.2 Å². The van der Waals surface area contributed by atoms with E-state index in [1.54, 1.807) is 23.0 Å². The molecule has 0 aliphatic heterocycles. The molecular formula is C14H19N5O3. The van der Waals surface area contributed by atoms with E-state index in [4.69, 9.17) is 5.11 Å². The van der Waals surface area contributed by atoms with Crippen LogP contribution in [0.25, 0.3) is 0 Å². The Labute approximate surface area is 127 Å². The van der Waals surface area contributed by atoms with Gasteiger partial charge in [0, 0.05) is 24.5 Å². The molecule has 0 saturated heterocycles. The van der Waals surface area contributed by atoms with Gasteiger partial charge in [-0.25, -0.2) is 4.79 Å². The number of amides is 1. The third-order valence-corrected chi connectivity index (χ3v) is 3.30. The SMILES string of the molecule is CC(C)n1ccc(C(=O)Nc2ccn(C(C)(C)C(=O)O)n2)n1. The predicted octanol–water partition coefficient (Wildman–Crippen LogP) is 1.73. The summed E-state index contributed by atoms with van der Waals surface area (Å²) >= 11 is 0. The average Bonchev–Trinajstić information content (AvgIpc) is 3.07. The van der Waals surface area contributed by atoms with Gasteiger partial charge in [-0.2, -0.15) is 10.2 Å². The molecule has 2 rings (SSSR count). The molecule has 8 nitrogen and oxygen atoms in total. The van der Waals surface area contributed by atoms with Gasteiger partial charge in [-0.05, 0) is 33.8 Å². The Morgan fingerprint density at radius 1 is 1.23 bits per heavy atom. The highest BCUT2D eigenvalue weighted by Gasteiger charge is 2.30. The first-order chi connectivity index (χ1) is 10.2. The molecule has 0 unspecified atom stereocenters. The van der Waals surface area contributed by atoms with Crippen LogP contribution in [0.2, 0.25) is 0 Å². The Morgan fingerprint density at radius 2 is 1.91 bits per heavy atom. The number of nitrogens with zero attached hydrogens (tertiary/aromatic N) is 4. The number of aliphatic carboxylic acids is 1. The van der Waals surface area contributed by atoms with Crippen molar-refractivity contribution in [2.45, 2.75) is 39.3 Å². The topological polar surface area (TPSA) is 102 Å². The number of carboxylic acid groups (broad SMARTS) is 1. The Morgan fingerprint density at radius 3 is 2.45 bits per heavy atom. The summed E-state index contributed by atoms with van der Waals surface area (Å²) in [6.45, 7) is 6.98. The van der Waals surface area contributed by atoms with Crippen LogP contribution < -0.4 is 5.32 Å². The summed E-state index contributed by atoms with van der Waals surface area (Å²) < 4.78 is 2.97. The number of aromatic nitrogens is 4. The molecule has 0 bridgehead atoms. The molecule has 0 aromatic carbocycles. The van der Waals surface area contributed by atoms with E-state index >= 15 is 0 Å². The predicted molar refractivity (Wildman–Crippen MR) is 79.8 cm³/mol. The first-order valence-electron chi connectivity index (χ1n) is 6.88. The van der Waals surface area contributed by atoms with Crippen LogP contribution in [0.3, 0.4) is 0 Å². The monoisotopic (exact) mass is 305 g/mol. The van der Waals surface area contributed by atoms with Crippen molar-refractivity contribution in [2.75, 3.05) is 5.32 Å². The van der Waals surface area contributed by atoms with Gasteiger partial charge >= 0.3 is 5.97 Å². The molecule has 0 spiro atoms. The van der Waals surface area contributed by atoms with Gasteiger partial charge in [-0.15, -0.1) is 0 Å². The summed E-state index contributed by atoms with van der Waals surface area (Å²) in [5.74, 6) is -1.12. The number of anilines is 1. The van der Waals surface area contributed by atoms with Gasteiger partial charge in [0.1, 0.15) is 0 Å². The van der Waals surface area contributed by atoms with Gasteiger partial charge in [0.15, 0.2) is 17.1 Å². The molecule has 118 valence electrons. The van der Waals surface area contributed by atoms with Gasteiger partial charge in [-0.1, -0.05) is 0 Å². The number of carbonyl (C=O) groups excluding carboxylic acids is 1. The molecule has 0 aliphatic carbocycles. The van der Waals surface area contributed by atoms with E-state index in [2.05, 4.69) is 15.5 Å². The Hall–Kier alpha value is -2.64. The van der Waals surface area contributed by atoms with Crippen molar-refractivity contribution >= 4 is 17.7 Å². The van der Waals surface area contributed by atoms with E-state index in [1.165, 1.54) is 24.7 Å². The van der Waals surface area contributed by atoms with Crippen molar-refractivity contribution in [3.63, 3.8) is 0 Å². The lowest BCUT2D eigenvalue weighted by Gasteiger charge is -2.19. The minimum Gasteiger partial charge on any atom is -0.479 e. The molecule has 0 radical (unpaired) electrons. The smallest absolute Gasteiger partial charge is 0.331 e. The highest BCUT2D eigenvalue weighted by Crippen LogP contribution is 2.16. The standard InChI is InChI=1S/C14H19N5O3/c1-9(2)18-7-5-10(16-18)12(20)15-11-6-8-19(17-11)14(3,4)13(21)22/h5-9H,1-4H3,(H,21,22)(H,15,17,20). The number of carbonyl (C=O) groups is 2. The maximum absolute atomic E-state index is 12.1. The van der Waals surface area contributed by atoms with E-state index in [0.717, 1.165) is 0 Å². The summed E-state index contributed by atoms with van der Waals surface area (Å²) in [7, 11) is 0. The number of hydrogen-bond acceptors (Lipinski definition) is 4. The third-order valence-electron chi connectivity index (χ3n) is 3.30. The zero-order valence-electron chi connectivity index (χ0n) is 12.9. The molecule has 1 amide bonds. The first-order valence-corrected chi connectivity index (χ1v) is 6.88. The molecule has 0 atom stereocenters. The second-order valence-electron chi connectivity index (χ2n) is 5.74. The second-order valence-corrected chi connectivity index (χ2v) is 5.74. The zero-order chi connectivity index (χ0) is 16.5. The minimum absolute atomic E-state index is 0.164. The minimum atomic E-state index is -1.19. The maximum Gasteiger partial charge on any atom is 0.331 e. The van der Waals surface area contributed by atoms with E-state index in [0.29, 0.717) is 0 Å². The lowest BCUT2D eigenvalue weighted by molar-refractivity contribution is -0.146. The summed E-state index contributed by atoms with van der Waals surface area (Å²) in [6.07, 6.45) is 3.24. The summed E-state index contributed by atoms with van der Waals surface area (Å²) in [6, 6.07) is 3.33. The highest BCUT2D eigenvalue weighted by molar-refractivity contribution is 6.02. The quantitative estimate of drug-likeness (QED) is 0.876. The lowest BCUT2D eigenvalue weighted by atomic mass is 10.1. The van der Waals surface area contributed by atoms with Crippen molar-refractivity contribution in [3.8, 4) is 0 Å². The Kier molecular flexibility index (Phi) is 4.03. The van der Waals surface area contributed by atoms with Gasteiger partial charge in [-0.3, -0.25) is 14.2 Å². The highest BCUT2D eigenvalue weighted by atomic mass is 16.4. The van der Waals surface area contributed by atoms with E-state index in [9.17, 15) is 9.59 Å². The van der Waals surface area contributed by atoms with Crippen LogP contribution in [0.4, 0.5) is 5.82 Å². The van der Waals surface area contributed by atoms with Crippen molar-refractivity contribution in [2.24, 2.45) is 0 Å².